The number of nitrogens with zero attached hydrogens (tertiary/aromatic N) is 2. The Morgan fingerprint density at radius 1 is 1.26 bits per heavy atom. The van der Waals surface area contributed by atoms with E-state index in [1.165, 1.54) is 5.56 Å². The lowest BCUT2D eigenvalue weighted by Gasteiger charge is -1.98. The van der Waals surface area contributed by atoms with Gasteiger partial charge in [0.15, 0.2) is 10.8 Å². The molecule has 0 amide bonds. The fourth-order valence-corrected chi connectivity index (χ4v) is 2.94. The highest BCUT2D eigenvalue weighted by atomic mass is 79.9. The third kappa shape index (κ3) is 3.11. The van der Waals surface area contributed by atoms with Gasteiger partial charge in [0, 0.05) is 21.4 Å². The largest absolute Gasteiger partial charge is 0.331 e. The van der Waals surface area contributed by atoms with Crippen LogP contribution < -0.4 is 0 Å². The highest BCUT2D eigenvalue weighted by Gasteiger charge is 2.05. The van der Waals surface area contributed by atoms with Crippen LogP contribution in [0.3, 0.4) is 0 Å². The molecule has 96 valence electrons. The van der Waals surface area contributed by atoms with Gasteiger partial charge in [-0.15, -0.1) is 0 Å². The summed E-state index contributed by atoms with van der Waals surface area (Å²) in [6.45, 7) is 0. The number of hydrogen-bond donors (Lipinski definition) is 1. The topological polar surface area (TPSA) is 41.6 Å². The molecule has 0 unspecified atom stereocenters. The molecule has 0 bridgehead atoms. The van der Waals surface area contributed by atoms with Crippen molar-refractivity contribution in [2.75, 3.05) is 0 Å². The number of halogens is 2. The highest BCUT2D eigenvalue weighted by molar-refractivity contribution is 9.10. The van der Waals surface area contributed by atoms with Gasteiger partial charge in [-0.25, -0.2) is 9.97 Å². The SMILES string of the molecule is Clc1ccc(CSc2nc3ncc(Br)cc3[nH]2)cc1. The summed E-state index contributed by atoms with van der Waals surface area (Å²) >= 11 is 10.9. The predicted octanol–water partition coefficient (Wildman–Crippen LogP) is 4.67. The summed E-state index contributed by atoms with van der Waals surface area (Å²) in [4.78, 5) is 11.9. The second-order valence-electron chi connectivity index (χ2n) is 3.98. The lowest BCUT2D eigenvalue weighted by molar-refractivity contribution is 1.07. The van der Waals surface area contributed by atoms with Gasteiger partial charge in [-0.1, -0.05) is 35.5 Å². The lowest BCUT2D eigenvalue weighted by atomic mass is 10.2. The van der Waals surface area contributed by atoms with Gasteiger partial charge in [-0.3, -0.25) is 0 Å². The van der Waals surface area contributed by atoms with Crippen LogP contribution in [0.25, 0.3) is 11.2 Å². The number of pyridine rings is 1. The van der Waals surface area contributed by atoms with E-state index in [9.17, 15) is 0 Å². The van der Waals surface area contributed by atoms with Crippen LogP contribution in [-0.2, 0) is 5.75 Å². The maximum atomic E-state index is 5.86. The molecule has 0 saturated carbocycles. The summed E-state index contributed by atoms with van der Waals surface area (Å²) in [7, 11) is 0. The van der Waals surface area contributed by atoms with E-state index in [0.717, 1.165) is 31.6 Å². The fraction of sp³-hybridized carbons (Fsp3) is 0.0769. The predicted molar refractivity (Wildman–Crippen MR) is 82.6 cm³/mol. The minimum Gasteiger partial charge on any atom is -0.331 e. The molecule has 0 radical (unpaired) electrons. The summed E-state index contributed by atoms with van der Waals surface area (Å²) in [6, 6.07) is 9.81. The van der Waals surface area contributed by atoms with Crippen LogP contribution in [0.2, 0.25) is 5.02 Å². The maximum Gasteiger partial charge on any atom is 0.178 e. The van der Waals surface area contributed by atoms with Gasteiger partial charge < -0.3 is 4.98 Å². The Labute approximate surface area is 127 Å². The van der Waals surface area contributed by atoms with Crippen LogP contribution in [-0.4, -0.2) is 15.0 Å². The molecule has 1 N–H and O–H groups in total. The third-order valence-electron chi connectivity index (χ3n) is 2.57. The van der Waals surface area contributed by atoms with Crippen molar-refractivity contribution in [1.82, 2.24) is 15.0 Å². The molecular weight excluding hydrogens is 346 g/mol. The van der Waals surface area contributed by atoms with E-state index in [4.69, 9.17) is 11.6 Å². The molecule has 6 heteroatoms. The smallest absolute Gasteiger partial charge is 0.178 e. The average molecular weight is 355 g/mol. The van der Waals surface area contributed by atoms with E-state index < -0.39 is 0 Å². The minimum atomic E-state index is 0.738. The number of benzene rings is 1. The van der Waals surface area contributed by atoms with Crippen molar-refractivity contribution in [2.45, 2.75) is 10.9 Å². The Morgan fingerprint density at radius 3 is 2.84 bits per heavy atom. The fourth-order valence-electron chi connectivity index (χ4n) is 1.65. The molecular formula is C13H9BrClN3S. The quantitative estimate of drug-likeness (QED) is 0.695. The van der Waals surface area contributed by atoms with Crippen LogP contribution in [0.5, 0.6) is 0 Å². The molecule has 0 aliphatic carbocycles. The summed E-state index contributed by atoms with van der Waals surface area (Å²) in [6.07, 6.45) is 1.75. The standard InChI is InChI=1S/C13H9BrClN3S/c14-9-5-11-12(16-6-9)18-13(17-11)19-7-8-1-3-10(15)4-2-8/h1-6H,7H2,(H,16,17,18). The summed E-state index contributed by atoms with van der Waals surface area (Å²) in [5.74, 6) is 0.845. The van der Waals surface area contributed by atoms with Gasteiger partial charge in [0.1, 0.15) is 0 Å². The van der Waals surface area contributed by atoms with E-state index in [1.807, 2.05) is 30.3 Å². The van der Waals surface area contributed by atoms with Crippen molar-refractivity contribution in [3.8, 4) is 0 Å². The number of aromatic nitrogens is 3. The molecule has 0 saturated heterocycles. The second kappa shape index (κ2) is 5.53. The molecule has 3 rings (SSSR count). The summed E-state index contributed by atoms with van der Waals surface area (Å²) < 4.78 is 0.943. The molecule has 2 aromatic heterocycles. The van der Waals surface area contributed by atoms with Gasteiger partial charge >= 0.3 is 0 Å². The minimum absolute atomic E-state index is 0.738. The molecule has 0 aliphatic rings. The van der Waals surface area contributed by atoms with Crippen molar-refractivity contribution in [3.05, 3.63) is 51.6 Å². The van der Waals surface area contributed by atoms with E-state index >= 15 is 0 Å². The van der Waals surface area contributed by atoms with Crippen molar-refractivity contribution in [2.24, 2.45) is 0 Å². The first-order valence-corrected chi connectivity index (χ1v) is 7.75. The number of H-pyrrole nitrogens is 1. The average Bonchev–Trinajstić information content (AvgIpc) is 2.80. The summed E-state index contributed by atoms with van der Waals surface area (Å²) in [5.41, 5.74) is 2.89. The molecule has 19 heavy (non-hydrogen) atoms. The van der Waals surface area contributed by atoms with Crippen LogP contribution in [0, 0.1) is 0 Å². The number of thioether (sulfide) groups is 1. The normalized spacial score (nSPS) is 11.1. The van der Waals surface area contributed by atoms with Crippen molar-refractivity contribution in [1.29, 1.82) is 0 Å². The Hall–Kier alpha value is -1.04. The number of rotatable bonds is 3. The van der Waals surface area contributed by atoms with Gasteiger partial charge in [0.05, 0.1) is 5.52 Å². The van der Waals surface area contributed by atoms with Gasteiger partial charge in [0.2, 0.25) is 0 Å². The van der Waals surface area contributed by atoms with E-state index in [-0.39, 0.29) is 0 Å². The third-order valence-corrected chi connectivity index (χ3v) is 4.20. The Bertz CT molecular complexity index is 711. The molecule has 0 aliphatic heterocycles. The first kappa shape index (κ1) is 13.0. The molecule has 1 aromatic carbocycles. The zero-order valence-electron chi connectivity index (χ0n) is 9.73. The first-order valence-electron chi connectivity index (χ1n) is 5.59. The zero-order chi connectivity index (χ0) is 13.2. The Kier molecular flexibility index (Phi) is 3.77. The number of imidazole rings is 1. The number of aromatic amines is 1. The van der Waals surface area contributed by atoms with Gasteiger partial charge in [-0.05, 0) is 39.7 Å². The lowest BCUT2D eigenvalue weighted by Crippen LogP contribution is -1.81. The molecule has 0 fully saturated rings. The van der Waals surface area contributed by atoms with Crippen molar-refractivity contribution in [3.63, 3.8) is 0 Å². The van der Waals surface area contributed by atoms with E-state index in [1.54, 1.807) is 18.0 Å². The van der Waals surface area contributed by atoms with Crippen LogP contribution >= 0.6 is 39.3 Å². The number of fused-ring (bicyclic) bond motifs is 1. The van der Waals surface area contributed by atoms with Crippen LogP contribution in [0.15, 0.2) is 46.2 Å². The molecule has 0 spiro atoms. The monoisotopic (exact) mass is 353 g/mol. The van der Waals surface area contributed by atoms with Gasteiger partial charge in [0.25, 0.3) is 0 Å². The number of nitrogens with one attached hydrogen (secondary N) is 1. The van der Waals surface area contributed by atoms with Crippen molar-refractivity contribution >= 4 is 50.5 Å². The molecule has 3 nitrogen and oxygen atoms in total. The van der Waals surface area contributed by atoms with E-state index in [0.29, 0.717) is 0 Å². The highest BCUT2D eigenvalue weighted by Crippen LogP contribution is 2.24. The van der Waals surface area contributed by atoms with Crippen LogP contribution in [0.4, 0.5) is 0 Å². The van der Waals surface area contributed by atoms with E-state index in [2.05, 4.69) is 30.9 Å². The Morgan fingerprint density at radius 2 is 2.05 bits per heavy atom. The Balaban J connectivity index is 1.76. The molecule has 2 heterocycles. The van der Waals surface area contributed by atoms with Crippen molar-refractivity contribution < 1.29 is 0 Å². The number of hydrogen-bond acceptors (Lipinski definition) is 3. The molecule has 0 atom stereocenters. The van der Waals surface area contributed by atoms with Gasteiger partial charge in [-0.2, -0.15) is 0 Å². The second-order valence-corrected chi connectivity index (χ2v) is 6.30. The molecule has 3 aromatic rings. The maximum absolute atomic E-state index is 5.86. The first-order chi connectivity index (χ1) is 9.20. The van der Waals surface area contributed by atoms with Crippen LogP contribution in [0.1, 0.15) is 5.56 Å². The zero-order valence-corrected chi connectivity index (χ0v) is 12.9. The summed E-state index contributed by atoms with van der Waals surface area (Å²) in [5, 5.41) is 1.63.